The van der Waals surface area contributed by atoms with Crippen LogP contribution in [0.15, 0.2) is 28.7 Å². The van der Waals surface area contributed by atoms with E-state index in [9.17, 15) is 4.79 Å². The Morgan fingerprint density at radius 3 is 2.29 bits per heavy atom. The number of rotatable bonds is 2. The van der Waals surface area contributed by atoms with Crippen molar-refractivity contribution in [2.45, 2.75) is 0 Å². The highest BCUT2D eigenvalue weighted by molar-refractivity contribution is 9.10. The summed E-state index contributed by atoms with van der Waals surface area (Å²) < 4.78 is 1.01. The molecule has 1 N–H and O–H groups in total. The Balaban J connectivity index is 0.000000980. The molecule has 1 heterocycles. The highest BCUT2D eigenvalue weighted by atomic mass is 79.9. The van der Waals surface area contributed by atoms with Crippen molar-refractivity contribution < 1.29 is 4.79 Å². The Labute approximate surface area is 97.6 Å². The molecular formula is C10H11BrClNO. The summed E-state index contributed by atoms with van der Waals surface area (Å²) in [5, 5.41) is 3.09. The molecule has 4 heteroatoms. The van der Waals surface area contributed by atoms with Crippen LogP contribution in [-0.2, 0) is 0 Å². The van der Waals surface area contributed by atoms with E-state index in [1.54, 1.807) is 0 Å². The first kappa shape index (κ1) is 11.7. The highest BCUT2D eigenvalue weighted by Gasteiger charge is 2.25. The molecule has 0 unspecified atom stereocenters. The quantitative estimate of drug-likeness (QED) is 0.840. The molecule has 0 atom stereocenters. The number of benzene rings is 1. The molecule has 0 spiro atoms. The van der Waals surface area contributed by atoms with E-state index in [0.29, 0.717) is 0 Å². The van der Waals surface area contributed by atoms with Gasteiger partial charge in [0.05, 0.1) is 0 Å². The second-order valence-corrected chi connectivity index (χ2v) is 4.14. The number of halogens is 2. The van der Waals surface area contributed by atoms with Crippen LogP contribution in [0, 0.1) is 5.92 Å². The largest absolute Gasteiger partial charge is 0.315 e. The molecule has 1 fully saturated rings. The van der Waals surface area contributed by atoms with Gasteiger partial charge in [-0.3, -0.25) is 4.79 Å². The fourth-order valence-electron chi connectivity index (χ4n) is 1.32. The minimum absolute atomic E-state index is 0. The van der Waals surface area contributed by atoms with Gasteiger partial charge in [0.1, 0.15) is 0 Å². The summed E-state index contributed by atoms with van der Waals surface area (Å²) >= 11 is 3.34. The molecule has 1 aliphatic rings. The Bertz CT molecular complexity index is 321. The lowest BCUT2D eigenvalue weighted by molar-refractivity contribution is 0.0878. The topological polar surface area (TPSA) is 29.1 Å². The second kappa shape index (κ2) is 4.91. The fourth-order valence-corrected chi connectivity index (χ4v) is 1.59. The van der Waals surface area contributed by atoms with Crippen molar-refractivity contribution in [3.05, 3.63) is 34.3 Å². The summed E-state index contributed by atoms with van der Waals surface area (Å²) in [6, 6.07) is 7.54. The molecule has 1 aromatic carbocycles. The van der Waals surface area contributed by atoms with Gasteiger partial charge in [0.15, 0.2) is 5.78 Å². The van der Waals surface area contributed by atoms with E-state index in [1.165, 1.54) is 0 Å². The Morgan fingerprint density at radius 2 is 1.86 bits per heavy atom. The monoisotopic (exact) mass is 275 g/mol. The van der Waals surface area contributed by atoms with Gasteiger partial charge in [-0.15, -0.1) is 12.4 Å². The molecule has 1 saturated heterocycles. The Morgan fingerprint density at radius 1 is 1.29 bits per heavy atom. The molecule has 0 amide bonds. The Kier molecular flexibility index (Phi) is 4.11. The third kappa shape index (κ3) is 2.35. The van der Waals surface area contributed by atoms with Crippen LogP contribution >= 0.6 is 28.3 Å². The minimum atomic E-state index is 0. The van der Waals surface area contributed by atoms with Gasteiger partial charge in [-0.05, 0) is 12.1 Å². The SMILES string of the molecule is Cl.O=C(c1ccc(Br)cc1)C1CNC1. The van der Waals surface area contributed by atoms with Gasteiger partial charge in [0.25, 0.3) is 0 Å². The third-order valence-corrected chi connectivity index (χ3v) is 2.81. The molecule has 0 radical (unpaired) electrons. The van der Waals surface area contributed by atoms with E-state index >= 15 is 0 Å². The molecule has 0 aromatic heterocycles. The van der Waals surface area contributed by atoms with E-state index in [0.717, 1.165) is 23.1 Å². The lowest BCUT2D eigenvalue weighted by atomic mass is 9.93. The maximum atomic E-state index is 11.7. The number of carbonyl (C=O) groups is 1. The van der Waals surface area contributed by atoms with Crippen LogP contribution in [-0.4, -0.2) is 18.9 Å². The van der Waals surface area contributed by atoms with Gasteiger partial charge < -0.3 is 5.32 Å². The molecular weight excluding hydrogens is 265 g/mol. The zero-order valence-electron chi connectivity index (χ0n) is 7.50. The molecule has 1 aliphatic heterocycles. The number of Topliss-reactive ketones (excluding diaryl/α,β-unsaturated/α-hetero) is 1. The zero-order chi connectivity index (χ0) is 9.26. The fraction of sp³-hybridized carbons (Fsp3) is 0.300. The third-order valence-electron chi connectivity index (χ3n) is 2.28. The zero-order valence-corrected chi connectivity index (χ0v) is 9.90. The van der Waals surface area contributed by atoms with E-state index < -0.39 is 0 Å². The number of hydrogen-bond acceptors (Lipinski definition) is 2. The lowest BCUT2D eigenvalue weighted by Gasteiger charge is -2.25. The summed E-state index contributed by atoms with van der Waals surface area (Å²) in [6.07, 6.45) is 0. The highest BCUT2D eigenvalue weighted by Crippen LogP contribution is 2.15. The molecule has 0 saturated carbocycles. The maximum absolute atomic E-state index is 11.7. The summed E-state index contributed by atoms with van der Waals surface area (Å²) in [5.41, 5.74) is 0.815. The van der Waals surface area contributed by atoms with E-state index in [2.05, 4.69) is 21.2 Å². The van der Waals surface area contributed by atoms with Crippen LogP contribution < -0.4 is 5.32 Å². The van der Waals surface area contributed by atoms with Gasteiger partial charge in [-0.25, -0.2) is 0 Å². The van der Waals surface area contributed by atoms with Crippen molar-refractivity contribution >= 4 is 34.1 Å². The predicted molar refractivity (Wildman–Crippen MR) is 62.1 cm³/mol. The molecule has 2 rings (SSSR count). The smallest absolute Gasteiger partial charge is 0.168 e. The summed E-state index contributed by atoms with van der Waals surface area (Å²) in [6.45, 7) is 1.66. The minimum Gasteiger partial charge on any atom is -0.315 e. The average Bonchev–Trinajstić information content (AvgIpc) is 2.02. The first-order chi connectivity index (χ1) is 6.27. The first-order valence-corrected chi connectivity index (χ1v) is 5.07. The molecule has 14 heavy (non-hydrogen) atoms. The number of hydrogen-bond donors (Lipinski definition) is 1. The average molecular weight is 277 g/mol. The van der Waals surface area contributed by atoms with Crippen molar-refractivity contribution in [3.63, 3.8) is 0 Å². The van der Waals surface area contributed by atoms with Crippen molar-refractivity contribution in [2.75, 3.05) is 13.1 Å². The molecule has 0 aliphatic carbocycles. The van der Waals surface area contributed by atoms with E-state index in [1.807, 2.05) is 24.3 Å². The van der Waals surface area contributed by atoms with Crippen molar-refractivity contribution in [1.29, 1.82) is 0 Å². The van der Waals surface area contributed by atoms with Crippen LogP contribution in [0.5, 0.6) is 0 Å². The maximum Gasteiger partial charge on any atom is 0.168 e. The molecule has 76 valence electrons. The van der Waals surface area contributed by atoms with Crippen LogP contribution in [0.25, 0.3) is 0 Å². The molecule has 2 nitrogen and oxygen atoms in total. The summed E-state index contributed by atoms with van der Waals surface area (Å²) in [7, 11) is 0. The first-order valence-electron chi connectivity index (χ1n) is 4.28. The van der Waals surface area contributed by atoms with Gasteiger partial charge >= 0.3 is 0 Å². The second-order valence-electron chi connectivity index (χ2n) is 3.23. The van der Waals surface area contributed by atoms with E-state index in [4.69, 9.17) is 0 Å². The van der Waals surface area contributed by atoms with Crippen LogP contribution in [0.1, 0.15) is 10.4 Å². The van der Waals surface area contributed by atoms with Crippen LogP contribution in [0.4, 0.5) is 0 Å². The molecule has 1 aromatic rings. The standard InChI is InChI=1S/C10H10BrNO.ClH/c11-9-3-1-7(2-4-9)10(13)8-5-12-6-8;/h1-4,8,12H,5-6H2;1H. The van der Waals surface area contributed by atoms with E-state index in [-0.39, 0.29) is 24.1 Å². The van der Waals surface area contributed by atoms with Gasteiger partial charge in [-0.1, -0.05) is 28.1 Å². The molecule has 0 bridgehead atoms. The summed E-state index contributed by atoms with van der Waals surface area (Å²) in [5.74, 6) is 0.451. The van der Waals surface area contributed by atoms with Crippen molar-refractivity contribution in [3.8, 4) is 0 Å². The number of ketones is 1. The number of carbonyl (C=O) groups excluding carboxylic acids is 1. The van der Waals surface area contributed by atoms with Crippen LogP contribution in [0.3, 0.4) is 0 Å². The summed E-state index contributed by atoms with van der Waals surface area (Å²) in [4.78, 5) is 11.7. The Hall–Kier alpha value is -0.380. The van der Waals surface area contributed by atoms with Gasteiger partial charge in [0.2, 0.25) is 0 Å². The number of nitrogens with one attached hydrogen (secondary N) is 1. The predicted octanol–water partition coefficient (Wildman–Crippen LogP) is 2.27. The normalized spacial score (nSPS) is 15.5. The van der Waals surface area contributed by atoms with Crippen molar-refractivity contribution in [2.24, 2.45) is 5.92 Å². The van der Waals surface area contributed by atoms with Crippen LogP contribution in [0.2, 0.25) is 0 Å². The van der Waals surface area contributed by atoms with Gasteiger partial charge in [-0.2, -0.15) is 0 Å². The lowest BCUT2D eigenvalue weighted by Crippen LogP contribution is -2.46. The van der Waals surface area contributed by atoms with Crippen molar-refractivity contribution in [1.82, 2.24) is 5.32 Å². The van der Waals surface area contributed by atoms with Gasteiger partial charge in [0, 0.05) is 29.0 Å².